The molecule has 23 heavy (non-hydrogen) atoms. The van der Waals surface area contributed by atoms with Gasteiger partial charge in [0.2, 0.25) is 5.91 Å². The largest absolute Gasteiger partial charge is 0.466 e. The number of hydrogen-bond acceptors (Lipinski definition) is 5. The van der Waals surface area contributed by atoms with Crippen LogP contribution in [0.15, 0.2) is 48.7 Å². The van der Waals surface area contributed by atoms with E-state index in [4.69, 9.17) is 0 Å². The molecule has 1 aromatic carbocycles. The van der Waals surface area contributed by atoms with Gasteiger partial charge in [0.25, 0.3) is 0 Å². The molecular weight excluding hydrogens is 296 g/mol. The minimum atomic E-state index is -0.745. The molecule has 2 aromatic rings. The summed E-state index contributed by atoms with van der Waals surface area (Å²) >= 11 is 0. The van der Waals surface area contributed by atoms with Gasteiger partial charge in [-0.1, -0.05) is 23.4 Å². The lowest BCUT2D eigenvalue weighted by atomic mass is 10.0. The Kier molecular flexibility index (Phi) is 4.90. The zero-order chi connectivity index (χ0) is 16.9. The predicted octanol–water partition coefficient (Wildman–Crippen LogP) is 1.35. The number of nitrogens with zero attached hydrogens (tertiary/aromatic N) is 3. The van der Waals surface area contributed by atoms with Crippen LogP contribution in [0.3, 0.4) is 0 Å². The van der Waals surface area contributed by atoms with E-state index in [0.29, 0.717) is 5.69 Å². The van der Waals surface area contributed by atoms with Crippen molar-refractivity contribution >= 4 is 11.9 Å². The lowest BCUT2D eigenvalue weighted by Gasteiger charge is -2.22. The lowest BCUT2D eigenvalue weighted by molar-refractivity contribution is -0.135. The number of para-hydroxylation sites is 1. The lowest BCUT2D eigenvalue weighted by Crippen LogP contribution is -2.40. The fourth-order valence-electron chi connectivity index (χ4n) is 1.88. The van der Waals surface area contributed by atoms with E-state index in [1.54, 1.807) is 24.7 Å². The molecule has 1 N–H and O–H groups in total. The topological polar surface area (TPSA) is 86.1 Å². The highest BCUT2D eigenvalue weighted by molar-refractivity contribution is 5.94. The first-order chi connectivity index (χ1) is 10.9. The van der Waals surface area contributed by atoms with Crippen LogP contribution < -0.4 is 5.32 Å². The van der Waals surface area contributed by atoms with Gasteiger partial charge in [-0.15, -0.1) is 5.10 Å². The highest BCUT2D eigenvalue weighted by Crippen LogP contribution is 2.18. The highest BCUT2D eigenvalue weighted by atomic mass is 16.5. The molecule has 1 heterocycles. The standard InChI is InChI=1S/C16H18N4O3/c1-16(2,17-14(21)9-10-15(22)23-3)13-11-20(19-18-13)12-7-5-4-6-8-12/h4-11H,1-3H3,(H,17,21)/b10-9+. The molecule has 1 aromatic heterocycles. The smallest absolute Gasteiger partial charge is 0.330 e. The number of rotatable bonds is 5. The van der Waals surface area contributed by atoms with E-state index < -0.39 is 17.4 Å². The van der Waals surface area contributed by atoms with Crippen molar-refractivity contribution in [2.24, 2.45) is 0 Å². The number of benzene rings is 1. The van der Waals surface area contributed by atoms with Crippen molar-refractivity contribution in [2.75, 3.05) is 7.11 Å². The summed E-state index contributed by atoms with van der Waals surface area (Å²) in [7, 11) is 1.25. The summed E-state index contributed by atoms with van der Waals surface area (Å²) in [5.74, 6) is -1.01. The van der Waals surface area contributed by atoms with Crippen LogP contribution in [0, 0.1) is 0 Å². The summed E-state index contributed by atoms with van der Waals surface area (Å²) in [6.45, 7) is 3.60. The fraction of sp³-hybridized carbons (Fsp3) is 0.250. The van der Waals surface area contributed by atoms with Crippen LogP contribution >= 0.6 is 0 Å². The number of methoxy groups -OCH3 is 1. The van der Waals surface area contributed by atoms with E-state index >= 15 is 0 Å². The van der Waals surface area contributed by atoms with Gasteiger partial charge < -0.3 is 10.1 Å². The second-order valence-electron chi connectivity index (χ2n) is 5.35. The molecule has 0 aliphatic heterocycles. The van der Waals surface area contributed by atoms with E-state index in [9.17, 15) is 9.59 Å². The van der Waals surface area contributed by atoms with Gasteiger partial charge in [0.15, 0.2) is 0 Å². The van der Waals surface area contributed by atoms with Gasteiger partial charge in [-0.2, -0.15) is 0 Å². The molecule has 0 bridgehead atoms. The number of carbonyl (C=O) groups is 2. The normalized spacial score (nSPS) is 11.4. The maximum atomic E-state index is 11.9. The predicted molar refractivity (Wildman–Crippen MR) is 83.7 cm³/mol. The molecule has 0 aliphatic rings. The van der Waals surface area contributed by atoms with Gasteiger partial charge in [-0.3, -0.25) is 4.79 Å². The minimum Gasteiger partial charge on any atom is -0.466 e. The van der Waals surface area contributed by atoms with Crippen molar-refractivity contribution < 1.29 is 14.3 Å². The van der Waals surface area contributed by atoms with Gasteiger partial charge in [-0.25, -0.2) is 9.48 Å². The molecule has 120 valence electrons. The summed E-state index contributed by atoms with van der Waals surface area (Å²) in [4.78, 5) is 22.9. The Morgan fingerprint density at radius 3 is 2.57 bits per heavy atom. The van der Waals surface area contributed by atoms with Gasteiger partial charge in [0.05, 0.1) is 24.5 Å². The summed E-state index contributed by atoms with van der Waals surface area (Å²) in [6, 6.07) is 9.54. The monoisotopic (exact) mass is 314 g/mol. The van der Waals surface area contributed by atoms with Crippen molar-refractivity contribution in [3.63, 3.8) is 0 Å². The molecule has 0 saturated carbocycles. The molecular formula is C16H18N4O3. The van der Waals surface area contributed by atoms with Gasteiger partial charge >= 0.3 is 5.97 Å². The van der Waals surface area contributed by atoms with Crippen molar-refractivity contribution in [2.45, 2.75) is 19.4 Å². The molecule has 0 unspecified atom stereocenters. The number of ether oxygens (including phenoxy) is 1. The third-order valence-electron chi connectivity index (χ3n) is 3.16. The molecule has 2 rings (SSSR count). The summed E-state index contributed by atoms with van der Waals surface area (Å²) in [5, 5.41) is 10.9. The Labute approximate surface area is 134 Å². The van der Waals surface area contributed by atoms with E-state index in [-0.39, 0.29) is 0 Å². The fourth-order valence-corrected chi connectivity index (χ4v) is 1.88. The third kappa shape index (κ3) is 4.26. The van der Waals surface area contributed by atoms with E-state index in [0.717, 1.165) is 17.8 Å². The first kappa shape index (κ1) is 16.4. The first-order valence-corrected chi connectivity index (χ1v) is 6.99. The number of hydrogen-bond donors (Lipinski definition) is 1. The van der Waals surface area contributed by atoms with E-state index in [2.05, 4.69) is 20.4 Å². The Bertz CT molecular complexity index is 720. The Hall–Kier alpha value is -2.96. The average Bonchev–Trinajstić information content (AvgIpc) is 3.04. The highest BCUT2D eigenvalue weighted by Gasteiger charge is 2.25. The number of esters is 1. The molecule has 1 amide bonds. The molecule has 0 spiro atoms. The number of nitrogens with one attached hydrogen (secondary N) is 1. The summed E-state index contributed by atoms with van der Waals surface area (Å²) in [6.07, 6.45) is 3.93. The van der Waals surface area contributed by atoms with Crippen LogP contribution in [0.25, 0.3) is 5.69 Å². The van der Waals surface area contributed by atoms with Crippen LogP contribution in [-0.4, -0.2) is 34.0 Å². The zero-order valence-electron chi connectivity index (χ0n) is 13.2. The zero-order valence-corrected chi connectivity index (χ0v) is 13.2. The van der Waals surface area contributed by atoms with E-state index in [1.165, 1.54) is 7.11 Å². The van der Waals surface area contributed by atoms with Crippen LogP contribution in [0.4, 0.5) is 0 Å². The van der Waals surface area contributed by atoms with Crippen LogP contribution in [0.5, 0.6) is 0 Å². The van der Waals surface area contributed by atoms with Crippen molar-refractivity contribution in [3.8, 4) is 5.69 Å². The maximum Gasteiger partial charge on any atom is 0.330 e. The second-order valence-corrected chi connectivity index (χ2v) is 5.35. The molecule has 7 heteroatoms. The summed E-state index contributed by atoms with van der Waals surface area (Å²) in [5.41, 5.74) is 0.727. The first-order valence-electron chi connectivity index (χ1n) is 6.99. The Morgan fingerprint density at radius 2 is 1.91 bits per heavy atom. The SMILES string of the molecule is COC(=O)/C=C/C(=O)NC(C)(C)c1cn(-c2ccccc2)nn1. The molecule has 0 aliphatic carbocycles. The molecule has 0 saturated heterocycles. The number of aromatic nitrogens is 3. The van der Waals surface area contributed by atoms with Crippen molar-refractivity contribution in [3.05, 3.63) is 54.4 Å². The van der Waals surface area contributed by atoms with Crippen LogP contribution in [0.1, 0.15) is 19.5 Å². The van der Waals surface area contributed by atoms with Crippen LogP contribution in [-0.2, 0) is 19.9 Å². The van der Waals surface area contributed by atoms with Crippen molar-refractivity contribution in [1.29, 1.82) is 0 Å². The molecule has 0 fully saturated rings. The quantitative estimate of drug-likeness (QED) is 0.665. The maximum absolute atomic E-state index is 11.9. The Morgan fingerprint density at radius 1 is 1.22 bits per heavy atom. The van der Waals surface area contributed by atoms with Gasteiger partial charge in [-0.05, 0) is 26.0 Å². The van der Waals surface area contributed by atoms with Gasteiger partial charge in [0.1, 0.15) is 5.69 Å². The van der Waals surface area contributed by atoms with Gasteiger partial charge in [0, 0.05) is 12.2 Å². The molecule has 0 atom stereocenters. The third-order valence-corrected chi connectivity index (χ3v) is 3.16. The second kappa shape index (κ2) is 6.87. The average molecular weight is 314 g/mol. The summed E-state index contributed by atoms with van der Waals surface area (Å²) < 4.78 is 6.07. The number of carbonyl (C=O) groups excluding carboxylic acids is 2. The minimum absolute atomic E-state index is 0.422. The molecule has 0 radical (unpaired) electrons. The van der Waals surface area contributed by atoms with E-state index in [1.807, 2.05) is 30.3 Å². The van der Waals surface area contributed by atoms with Crippen LogP contribution in [0.2, 0.25) is 0 Å². The number of amides is 1. The van der Waals surface area contributed by atoms with Crippen molar-refractivity contribution in [1.82, 2.24) is 20.3 Å². The Balaban J connectivity index is 2.11. The molecule has 7 nitrogen and oxygen atoms in total.